The van der Waals surface area contributed by atoms with Crippen LogP contribution < -0.4 is 11.1 Å². The minimum absolute atomic E-state index is 0.00403. The first-order chi connectivity index (χ1) is 10.4. The van der Waals surface area contributed by atoms with Crippen LogP contribution in [0.3, 0.4) is 0 Å². The Balaban J connectivity index is 2.15. The maximum absolute atomic E-state index is 11.9. The molecule has 0 saturated heterocycles. The zero-order valence-corrected chi connectivity index (χ0v) is 12.8. The summed E-state index contributed by atoms with van der Waals surface area (Å²) in [7, 11) is 0. The van der Waals surface area contributed by atoms with Crippen molar-refractivity contribution in [3.8, 4) is 0 Å². The molecule has 0 spiro atoms. The Morgan fingerprint density at radius 3 is 2.68 bits per heavy atom. The van der Waals surface area contributed by atoms with E-state index >= 15 is 0 Å². The number of amides is 2. The van der Waals surface area contributed by atoms with Crippen LogP contribution in [0.4, 0.5) is 5.69 Å². The molecule has 0 radical (unpaired) electrons. The third-order valence-corrected chi connectivity index (χ3v) is 3.39. The molecule has 0 atom stereocenters. The molecule has 0 fully saturated rings. The highest BCUT2D eigenvalue weighted by atomic mass is 16.5. The van der Waals surface area contributed by atoms with Crippen LogP contribution in [-0.2, 0) is 16.0 Å². The van der Waals surface area contributed by atoms with Crippen LogP contribution in [0, 0.1) is 5.92 Å². The lowest BCUT2D eigenvalue weighted by atomic mass is 10.0. The van der Waals surface area contributed by atoms with E-state index in [0.717, 1.165) is 5.56 Å². The van der Waals surface area contributed by atoms with E-state index in [9.17, 15) is 14.4 Å². The number of Topliss-reactive ketones (excluding diaryl/α,β-unsaturated/α-hetero) is 1. The molecule has 6 heteroatoms. The van der Waals surface area contributed by atoms with Crippen molar-refractivity contribution in [3.63, 3.8) is 0 Å². The van der Waals surface area contributed by atoms with Gasteiger partial charge in [-0.2, -0.15) is 0 Å². The van der Waals surface area contributed by atoms with Gasteiger partial charge in [-0.15, -0.1) is 0 Å². The number of ether oxygens (including phenoxy) is 1. The number of primary amides is 1. The lowest BCUT2D eigenvalue weighted by molar-refractivity contribution is -0.120. The fourth-order valence-corrected chi connectivity index (χ4v) is 2.37. The lowest BCUT2D eigenvalue weighted by Gasteiger charge is -2.12. The van der Waals surface area contributed by atoms with Crippen LogP contribution in [0.1, 0.15) is 46.5 Å². The molecule has 6 nitrogen and oxygen atoms in total. The predicted octanol–water partition coefficient (Wildman–Crippen LogP) is 1.53. The maximum atomic E-state index is 11.9. The second-order valence-electron chi connectivity index (χ2n) is 5.80. The summed E-state index contributed by atoms with van der Waals surface area (Å²) in [5.41, 5.74) is 7.16. The monoisotopic (exact) mass is 304 g/mol. The van der Waals surface area contributed by atoms with Crippen LogP contribution >= 0.6 is 0 Å². The number of ketones is 1. The Kier molecular flexibility index (Phi) is 4.92. The molecule has 0 aromatic heterocycles. The molecule has 0 bridgehead atoms. The van der Waals surface area contributed by atoms with Crippen molar-refractivity contribution in [1.82, 2.24) is 0 Å². The normalized spacial score (nSPS) is 13.3. The highest BCUT2D eigenvalue weighted by Crippen LogP contribution is 2.28. The van der Waals surface area contributed by atoms with Gasteiger partial charge in [-0.1, -0.05) is 13.8 Å². The summed E-state index contributed by atoms with van der Waals surface area (Å²) < 4.78 is 5.26. The molecule has 2 rings (SSSR count). The van der Waals surface area contributed by atoms with E-state index in [1.54, 1.807) is 6.07 Å². The largest absolute Gasteiger partial charge is 0.371 e. The van der Waals surface area contributed by atoms with Crippen molar-refractivity contribution in [1.29, 1.82) is 0 Å². The Labute approximate surface area is 129 Å². The van der Waals surface area contributed by atoms with Gasteiger partial charge >= 0.3 is 0 Å². The van der Waals surface area contributed by atoms with E-state index < -0.39 is 5.91 Å². The number of fused-ring (bicyclic) bond motifs is 1. The minimum Gasteiger partial charge on any atom is -0.371 e. The SMILES string of the molecule is CC(C)COCC(=O)Nc1cc2c(cc1C(N)=O)C(=O)CC2. The second kappa shape index (κ2) is 6.70. The van der Waals surface area contributed by atoms with Gasteiger partial charge in [-0.05, 0) is 30.0 Å². The fourth-order valence-electron chi connectivity index (χ4n) is 2.37. The summed E-state index contributed by atoms with van der Waals surface area (Å²) in [5, 5.41) is 2.63. The molecule has 1 aliphatic carbocycles. The number of carbonyl (C=O) groups is 3. The molecule has 2 amide bonds. The second-order valence-corrected chi connectivity index (χ2v) is 5.80. The number of hydrogen-bond acceptors (Lipinski definition) is 4. The average molecular weight is 304 g/mol. The van der Waals surface area contributed by atoms with E-state index in [-0.39, 0.29) is 23.9 Å². The average Bonchev–Trinajstić information content (AvgIpc) is 2.78. The smallest absolute Gasteiger partial charge is 0.250 e. The zero-order valence-electron chi connectivity index (χ0n) is 12.8. The number of anilines is 1. The Morgan fingerprint density at radius 1 is 1.32 bits per heavy atom. The third-order valence-electron chi connectivity index (χ3n) is 3.39. The summed E-state index contributed by atoms with van der Waals surface area (Å²) in [4.78, 5) is 35.1. The first-order valence-electron chi connectivity index (χ1n) is 7.26. The first-order valence-corrected chi connectivity index (χ1v) is 7.26. The molecular weight excluding hydrogens is 284 g/mol. The maximum Gasteiger partial charge on any atom is 0.250 e. The van der Waals surface area contributed by atoms with Crippen molar-refractivity contribution in [2.24, 2.45) is 11.7 Å². The molecule has 0 unspecified atom stereocenters. The van der Waals surface area contributed by atoms with E-state index in [0.29, 0.717) is 36.6 Å². The number of aryl methyl sites for hydroxylation is 1. The van der Waals surface area contributed by atoms with Gasteiger partial charge in [0.05, 0.1) is 11.3 Å². The summed E-state index contributed by atoms with van der Waals surface area (Å²) >= 11 is 0. The number of hydrogen-bond donors (Lipinski definition) is 2. The molecular formula is C16H20N2O4. The first kappa shape index (κ1) is 16.2. The van der Waals surface area contributed by atoms with Gasteiger partial charge in [0.1, 0.15) is 6.61 Å². The van der Waals surface area contributed by atoms with Crippen molar-refractivity contribution >= 4 is 23.3 Å². The van der Waals surface area contributed by atoms with Crippen LogP contribution in [0.5, 0.6) is 0 Å². The van der Waals surface area contributed by atoms with Crippen LogP contribution in [0.15, 0.2) is 12.1 Å². The van der Waals surface area contributed by atoms with Crippen LogP contribution in [-0.4, -0.2) is 30.8 Å². The van der Waals surface area contributed by atoms with Crippen LogP contribution in [0.2, 0.25) is 0 Å². The Hall–Kier alpha value is -2.21. The number of carbonyl (C=O) groups excluding carboxylic acids is 3. The molecule has 118 valence electrons. The van der Waals surface area contributed by atoms with Gasteiger partial charge in [-0.3, -0.25) is 14.4 Å². The Morgan fingerprint density at radius 2 is 2.05 bits per heavy atom. The number of rotatable bonds is 6. The van der Waals surface area contributed by atoms with Gasteiger partial charge in [-0.25, -0.2) is 0 Å². The molecule has 1 aliphatic rings. The van der Waals surface area contributed by atoms with Crippen molar-refractivity contribution < 1.29 is 19.1 Å². The summed E-state index contributed by atoms with van der Waals surface area (Å²) in [5.74, 6) is -0.705. The minimum atomic E-state index is -0.680. The fraction of sp³-hybridized carbons (Fsp3) is 0.438. The van der Waals surface area contributed by atoms with Gasteiger partial charge in [0.15, 0.2) is 5.78 Å². The van der Waals surface area contributed by atoms with Crippen molar-refractivity contribution in [3.05, 3.63) is 28.8 Å². The quantitative estimate of drug-likeness (QED) is 0.832. The van der Waals surface area contributed by atoms with Crippen molar-refractivity contribution in [2.75, 3.05) is 18.5 Å². The van der Waals surface area contributed by atoms with Gasteiger partial charge in [0.25, 0.3) is 5.91 Å². The molecule has 1 aromatic rings. The van der Waals surface area contributed by atoms with E-state index in [2.05, 4.69) is 5.32 Å². The van der Waals surface area contributed by atoms with E-state index in [1.165, 1.54) is 6.07 Å². The lowest BCUT2D eigenvalue weighted by Crippen LogP contribution is -2.23. The molecule has 3 N–H and O–H groups in total. The number of nitrogens with two attached hydrogens (primary N) is 1. The van der Waals surface area contributed by atoms with Gasteiger partial charge in [0, 0.05) is 18.6 Å². The summed E-state index contributed by atoms with van der Waals surface area (Å²) in [6.45, 7) is 4.36. The molecule has 22 heavy (non-hydrogen) atoms. The molecule has 0 saturated carbocycles. The summed E-state index contributed by atoms with van der Waals surface area (Å²) in [6, 6.07) is 3.12. The molecule has 0 aliphatic heterocycles. The van der Waals surface area contributed by atoms with Gasteiger partial charge < -0.3 is 15.8 Å². The number of nitrogens with one attached hydrogen (secondary N) is 1. The number of benzene rings is 1. The highest BCUT2D eigenvalue weighted by Gasteiger charge is 2.23. The zero-order chi connectivity index (χ0) is 16.3. The van der Waals surface area contributed by atoms with E-state index in [4.69, 9.17) is 10.5 Å². The van der Waals surface area contributed by atoms with Crippen LogP contribution in [0.25, 0.3) is 0 Å². The highest BCUT2D eigenvalue weighted by molar-refractivity contribution is 6.08. The van der Waals surface area contributed by atoms with E-state index in [1.807, 2.05) is 13.8 Å². The summed E-state index contributed by atoms with van der Waals surface area (Å²) in [6.07, 6.45) is 1.03. The molecule has 1 aromatic carbocycles. The predicted molar refractivity (Wildman–Crippen MR) is 81.9 cm³/mol. The van der Waals surface area contributed by atoms with Gasteiger partial charge in [0.2, 0.25) is 5.91 Å². The Bertz CT molecular complexity index is 623. The third kappa shape index (κ3) is 3.71. The topological polar surface area (TPSA) is 98.5 Å². The molecule has 0 heterocycles. The standard InChI is InChI=1S/C16H20N2O4/c1-9(2)7-22-8-15(20)18-13-5-10-3-4-14(19)11(10)6-12(13)16(17)21/h5-6,9H,3-4,7-8H2,1-2H3,(H2,17,21)(H,18,20). The van der Waals surface area contributed by atoms with Crippen molar-refractivity contribution in [2.45, 2.75) is 26.7 Å².